The number of rotatable bonds is 4. The van der Waals surface area contributed by atoms with E-state index in [1.54, 1.807) is 12.1 Å². The molecule has 0 aliphatic carbocycles. The summed E-state index contributed by atoms with van der Waals surface area (Å²) in [6.45, 7) is 0. The number of hydrogen-bond acceptors (Lipinski definition) is 1. The standard InChI is InChI=1S/C15H13Cl2NO/c16-14(17)13(11-7-3-1-4-8-11)18-15(19)12-9-5-2-6-10-12/h1-10,13-14H,(H,18,19)/t13-/m0/s1. The fourth-order valence-electron chi connectivity index (χ4n) is 1.77. The summed E-state index contributed by atoms with van der Waals surface area (Å²) in [5, 5.41) is 2.85. The number of carbonyl (C=O) groups is 1. The van der Waals surface area contributed by atoms with Gasteiger partial charge in [0.25, 0.3) is 5.91 Å². The van der Waals surface area contributed by atoms with Gasteiger partial charge in [-0.1, -0.05) is 48.5 Å². The zero-order valence-electron chi connectivity index (χ0n) is 10.1. The highest BCUT2D eigenvalue weighted by molar-refractivity contribution is 6.44. The normalized spacial score (nSPS) is 12.2. The lowest BCUT2D eigenvalue weighted by Gasteiger charge is -2.20. The predicted octanol–water partition coefficient (Wildman–Crippen LogP) is 3.96. The first kappa shape index (κ1) is 13.9. The average Bonchev–Trinajstić information content (AvgIpc) is 2.46. The van der Waals surface area contributed by atoms with Gasteiger partial charge in [-0.15, -0.1) is 23.2 Å². The Hall–Kier alpha value is -1.51. The number of halogens is 2. The summed E-state index contributed by atoms with van der Waals surface area (Å²) in [4.78, 5) is 11.4. The first-order valence-electron chi connectivity index (χ1n) is 5.87. The van der Waals surface area contributed by atoms with Crippen LogP contribution < -0.4 is 5.32 Å². The van der Waals surface area contributed by atoms with Crippen molar-refractivity contribution in [2.45, 2.75) is 10.9 Å². The van der Waals surface area contributed by atoms with Gasteiger partial charge in [0.15, 0.2) is 0 Å². The van der Waals surface area contributed by atoms with Gasteiger partial charge < -0.3 is 5.32 Å². The molecule has 0 radical (unpaired) electrons. The molecule has 0 spiro atoms. The Balaban J connectivity index is 2.17. The van der Waals surface area contributed by atoms with Crippen LogP contribution in [0.2, 0.25) is 0 Å². The van der Waals surface area contributed by atoms with Crippen LogP contribution in [-0.4, -0.2) is 10.7 Å². The first-order valence-corrected chi connectivity index (χ1v) is 6.75. The van der Waals surface area contributed by atoms with E-state index in [2.05, 4.69) is 5.32 Å². The topological polar surface area (TPSA) is 29.1 Å². The van der Waals surface area contributed by atoms with Gasteiger partial charge in [-0.3, -0.25) is 4.79 Å². The molecule has 4 heteroatoms. The molecule has 1 amide bonds. The van der Waals surface area contributed by atoms with E-state index in [4.69, 9.17) is 23.2 Å². The van der Waals surface area contributed by atoms with Crippen LogP contribution in [0.15, 0.2) is 60.7 Å². The Morgan fingerprint density at radius 2 is 1.42 bits per heavy atom. The van der Waals surface area contributed by atoms with Crippen molar-refractivity contribution < 1.29 is 4.79 Å². The molecule has 2 aromatic carbocycles. The maximum atomic E-state index is 12.1. The van der Waals surface area contributed by atoms with Crippen LogP contribution in [0.25, 0.3) is 0 Å². The second kappa shape index (κ2) is 6.60. The van der Waals surface area contributed by atoms with Crippen molar-refractivity contribution in [3.8, 4) is 0 Å². The molecule has 0 aliphatic heterocycles. The highest BCUT2D eigenvalue weighted by atomic mass is 35.5. The maximum absolute atomic E-state index is 12.1. The molecule has 0 bridgehead atoms. The second-order valence-electron chi connectivity index (χ2n) is 4.06. The number of benzene rings is 2. The van der Waals surface area contributed by atoms with E-state index < -0.39 is 10.9 Å². The van der Waals surface area contributed by atoms with Gasteiger partial charge in [0.05, 0.1) is 6.04 Å². The first-order chi connectivity index (χ1) is 9.18. The molecule has 2 rings (SSSR count). The van der Waals surface area contributed by atoms with Gasteiger partial charge in [-0.05, 0) is 17.7 Å². The van der Waals surface area contributed by atoms with Crippen molar-refractivity contribution in [2.24, 2.45) is 0 Å². The van der Waals surface area contributed by atoms with Gasteiger partial charge in [-0.2, -0.15) is 0 Å². The Labute approximate surface area is 122 Å². The minimum absolute atomic E-state index is 0.194. The van der Waals surface area contributed by atoms with E-state index in [1.807, 2.05) is 48.5 Å². The van der Waals surface area contributed by atoms with Crippen LogP contribution in [0.4, 0.5) is 0 Å². The van der Waals surface area contributed by atoms with E-state index >= 15 is 0 Å². The Morgan fingerprint density at radius 3 is 1.95 bits per heavy atom. The van der Waals surface area contributed by atoms with E-state index in [-0.39, 0.29) is 5.91 Å². The van der Waals surface area contributed by atoms with Crippen molar-refractivity contribution in [1.29, 1.82) is 0 Å². The summed E-state index contributed by atoms with van der Waals surface area (Å²) in [5.41, 5.74) is 1.46. The molecule has 19 heavy (non-hydrogen) atoms. The lowest BCUT2D eigenvalue weighted by atomic mass is 10.1. The molecule has 0 unspecified atom stereocenters. The number of amides is 1. The van der Waals surface area contributed by atoms with Crippen molar-refractivity contribution in [3.05, 3.63) is 71.8 Å². The van der Waals surface area contributed by atoms with Crippen molar-refractivity contribution in [2.75, 3.05) is 0 Å². The van der Waals surface area contributed by atoms with Crippen LogP contribution in [0.1, 0.15) is 22.0 Å². The van der Waals surface area contributed by atoms with Crippen molar-refractivity contribution in [1.82, 2.24) is 5.32 Å². The quantitative estimate of drug-likeness (QED) is 0.850. The predicted molar refractivity (Wildman–Crippen MR) is 78.6 cm³/mol. The summed E-state index contributed by atoms with van der Waals surface area (Å²) >= 11 is 11.9. The van der Waals surface area contributed by atoms with Gasteiger partial charge in [0.1, 0.15) is 4.84 Å². The van der Waals surface area contributed by atoms with Crippen LogP contribution in [0.5, 0.6) is 0 Å². The monoisotopic (exact) mass is 293 g/mol. The maximum Gasteiger partial charge on any atom is 0.251 e. The van der Waals surface area contributed by atoms with Crippen LogP contribution in [0, 0.1) is 0 Å². The fourth-order valence-corrected chi connectivity index (χ4v) is 2.18. The van der Waals surface area contributed by atoms with E-state index in [0.29, 0.717) is 5.56 Å². The highest BCUT2D eigenvalue weighted by Crippen LogP contribution is 2.24. The number of hydrogen-bond donors (Lipinski definition) is 1. The molecule has 0 aromatic heterocycles. The SMILES string of the molecule is O=C(N[C@@H](c1ccccc1)C(Cl)Cl)c1ccccc1. The minimum atomic E-state index is -0.713. The number of nitrogens with one attached hydrogen (secondary N) is 1. The van der Waals surface area contributed by atoms with Gasteiger partial charge >= 0.3 is 0 Å². The molecule has 2 nitrogen and oxygen atoms in total. The molecule has 0 saturated heterocycles. The summed E-state index contributed by atoms with van der Waals surface area (Å²) in [6.07, 6.45) is 0. The molecule has 0 aliphatic rings. The summed E-state index contributed by atoms with van der Waals surface area (Å²) in [6, 6.07) is 18.0. The van der Waals surface area contributed by atoms with Crippen LogP contribution in [-0.2, 0) is 0 Å². The Morgan fingerprint density at radius 1 is 0.895 bits per heavy atom. The zero-order chi connectivity index (χ0) is 13.7. The molecule has 0 fully saturated rings. The molecule has 0 saturated carbocycles. The third kappa shape index (κ3) is 3.72. The molecule has 2 aromatic rings. The van der Waals surface area contributed by atoms with Crippen LogP contribution in [0.3, 0.4) is 0 Å². The van der Waals surface area contributed by atoms with Crippen LogP contribution >= 0.6 is 23.2 Å². The molecule has 0 heterocycles. The number of carbonyl (C=O) groups excluding carboxylic acids is 1. The summed E-state index contributed by atoms with van der Waals surface area (Å²) in [7, 11) is 0. The average molecular weight is 294 g/mol. The lowest BCUT2D eigenvalue weighted by Crippen LogP contribution is -2.32. The van der Waals surface area contributed by atoms with Gasteiger partial charge in [0.2, 0.25) is 0 Å². The Bertz CT molecular complexity index is 528. The van der Waals surface area contributed by atoms with Gasteiger partial charge in [0, 0.05) is 5.56 Å². The largest absolute Gasteiger partial charge is 0.342 e. The third-order valence-corrected chi connectivity index (χ3v) is 3.24. The third-order valence-electron chi connectivity index (χ3n) is 2.73. The van der Waals surface area contributed by atoms with E-state index in [0.717, 1.165) is 5.56 Å². The second-order valence-corrected chi connectivity index (χ2v) is 5.23. The van der Waals surface area contributed by atoms with E-state index in [1.165, 1.54) is 0 Å². The van der Waals surface area contributed by atoms with E-state index in [9.17, 15) is 4.79 Å². The lowest BCUT2D eigenvalue weighted by molar-refractivity contribution is 0.0939. The molecular weight excluding hydrogens is 281 g/mol. The smallest absolute Gasteiger partial charge is 0.251 e. The molecule has 1 atom stereocenters. The fraction of sp³-hybridized carbons (Fsp3) is 0.133. The Kier molecular flexibility index (Phi) is 4.83. The number of alkyl halides is 2. The zero-order valence-corrected chi connectivity index (χ0v) is 11.6. The van der Waals surface area contributed by atoms with Gasteiger partial charge in [-0.25, -0.2) is 0 Å². The summed E-state index contributed by atoms with van der Waals surface area (Å²) < 4.78 is 0. The molecule has 1 N–H and O–H groups in total. The molecular formula is C15H13Cl2NO. The van der Waals surface area contributed by atoms with Crippen molar-refractivity contribution in [3.63, 3.8) is 0 Å². The highest BCUT2D eigenvalue weighted by Gasteiger charge is 2.21. The summed E-state index contributed by atoms with van der Waals surface area (Å²) in [5.74, 6) is -0.194. The van der Waals surface area contributed by atoms with Crippen molar-refractivity contribution >= 4 is 29.1 Å². The minimum Gasteiger partial charge on any atom is -0.342 e. The molecule has 98 valence electrons.